The third-order valence-electron chi connectivity index (χ3n) is 4.78. The smallest absolute Gasteiger partial charge is 0.321 e. The van der Waals surface area contributed by atoms with Crippen molar-refractivity contribution >= 4 is 17.4 Å². The van der Waals surface area contributed by atoms with Crippen LogP contribution in [0.25, 0.3) is 0 Å². The number of carbonyl (C=O) groups excluding carboxylic acids is 1. The molecule has 1 saturated heterocycles. The highest BCUT2D eigenvalue weighted by Crippen LogP contribution is 2.26. The van der Waals surface area contributed by atoms with Gasteiger partial charge in [-0.1, -0.05) is 0 Å². The number of morpholine rings is 1. The fourth-order valence-electron chi connectivity index (χ4n) is 3.45. The van der Waals surface area contributed by atoms with Crippen LogP contribution in [0.1, 0.15) is 27.7 Å². The first-order chi connectivity index (χ1) is 14.7. The number of likely N-dealkylation sites (N-methyl/N-ethyl adjacent to an activating group) is 1. The van der Waals surface area contributed by atoms with E-state index in [1.165, 1.54) is 11.0 Å². The molecule has 0 spiro atoms. The summed E-state index contributed by atoms with van der Waals surface area (Å²) in [5, 5.41) is 12.7. The third kappa shape index (κ3) is 8.60. The van der Waals surface area contributed by atoms with Gasteiger partial charge in [0.2, 0.25) is 0 Å². The van der Waals surface area contributed by atoms with Crippen molar-refractivity contribution in [3.05, 3.63) is 24.0 Å². The van der Waals surface area contributed by atoms with E-state index in [4.69, 9.17) is 14.2 Å². The highest BCUT2D eigenvalue weighted by Gasteiger charge is 2.24. The Bertz CT molecular complexity index is 696. The molecule has 3 atom stereocenters. The van der Waals surface area contributed by atoms with Crippen molar-refractivity contribution in [1.82, 2.24) is 4.90 Å². The first-order valence-electron chi connectivity index (χ1n) is 10.7. The Kier molecular flexibility index (Phi) is 9.95. The molecule has 31 heavy (non-hydrogen) atoms. The summed E-state index contributed by atoms with van der Waals surface area (Å²) in [6, 6.07) is 4.20. The number of hydrogen-bond acceptors (Lipinski definition) is 6. The Hall–Kier alpha value is -1.94. The Balaban J connectivity index is 1.81. The molecule has 3 unspecified atom stereocenters. The number of nitrogens with one attached hydrogen (secondary N) is 1. The van der Waals surface area contributed by atoms with Gasteiger partial charge in [-0.2, -0.15) is 0 Å². The zero-order chi connectivity index (χ0) is 23.0. The van der Waals surface area contributed by atoms with Crippen LogP contribution in [0.4, 0.5) is 20.6 Å². The largest absolute Gasteiger partial charge is 0.389 e. The van der Waals surface area contributed by atoms with Gasteiger partial charge in [0.25, 0.3) is 0 Å². The van der Waals surface area contributed by atoms with E-state index in [0.717, 1.165) is 0 Å². The van der Waals surface area contributed by atoms with Crippen LogP contribution in [0.15, 0.2) is 18.2 Å². The predicted molar refractivity (Wildman–Crippen MR) is 118 cm³/mol. The Morgan fingerprint density at radius 3 is 2.61 bits per heavy atom. The van der Waals surface area contributed by atoms with E-state index in [1.807, 2.05) is 32.6 Å². The summed E-state index contributed by atoms with van der Waals surface area (Å²) in [7, 11) is 1.56. The van der Waals surface area contributed by atoms with Crippen LogP contribution in [0.3, 0.4) is 0 Å². The lowest BCUT2D eigenvalue weighted by molar-refractivity contribution is -0.0144. The van der Waals surface area contributed by atoms with Crippen molar-refractivity contribution in [2.45, 2.75) is 52.1 Å². The van der Waals surface area contributed by atoms with Gasteiger partial charge in [-0.3, -0.25) is 0 Å². The van der Waals surface area contributed by atoms with E-state index in [2.05, 4.69) is 5.32 Å². The monoisotopic (exact) mass is 441 g/mol. The molecule has 1 aliphatic heterocycles. The molecule has 176 valence electrons. The number of ether oxygens (including phenoxy) is 3. The number of rotatable bonds is 10. The van der Waals surface area contributed by atoms with Crippen LogP contribution in [0.2, 0.25) is 0 Å². The van der Waals surface area contributed by atoms with Crippen molar-refractivity contribution < 1.29 is 28.5 Å². The highest BCUT2D eigenvalue weighted by atomic mass is 19.1. The van der Waals surface area contributed by atoms with Gasteiger partial charge in [0.05, 0.1) is 56.5 Å². The van der Waals surface area contributed by atoms with Crippen LogP contribution in [0, 0.1) is 5.82 Å². The van der Waals surface area contributed by atoms with E-state index in [-0.39, 0.29) is 31.5 Å². The van der Waals surface area contributed by atoms with Crippen molar-refractivity contribution in [3.63, 3.8) is 0 Å². The van der Waals surface area contributed by atoms with Crippen molar-refractivity contribution in [3.8, 4) is 0 Å². The number of hydrogen-bond donors (Lipinski definition) is 2. The average Bonchev–Trinajstić information content (AvgIpc) is 2.66. The number of aliphatic hydroxyl groups is 1. The standard InChI is InChI=1S/C22H36FN3O5/c1-15(2)30-9-8-29-14-19(27)13-25(5)22(28)24-18-6-7-21(20(23)10-18)26-11-16(3)31-17(4)12-26/h6-7,10,15-17,19,27H,8-9,11-14H2,1-5H3,(H,24,28). The summed E-state index contributed by atoms with van der Waals surface area (Å²) in [6.07, 6.45) is -0.661. The molecule has 1 aliphatic rings. The molecule has 0 bridgehead atoms. The van der Waals surface area contributed by atoms with E-state index in [0.29, 0.717) is 37.7 Å². The number of halogens is 1. The predicted octanol–water partition coefficient (Wildman–Crippen LogP) is 2.71. The minimum absolute atomic E-state index is 0.0225. The van der Waals surface area contributed by atoms with Gasteiger partial charge < -0.3 is 34.4 Å². The van der Waals surface area contributed by atoms with Crippen LogP contribution in [0.5, 0.6) is 0 Å². The maximum atomic E-state index is 14.7. The van der Waals surface area contributed by atoms with Gasteiger partial charge in [0.15, 0.2) is 0 Å². The molecule has 0 aliphatic carbocycles. The van der Waals surface area contributed by atoms with Crippen LogP contribution >= 0.6 is 0 Å². The Morgan fingerprint density at radius 1 is 1.32 bits per heavy atom. The molecule has 2 amide bonds. The van der Waals surface area contributed by atoms with Gasteiger partial charge in [0.1, 0.15) is 5.82 Å². The molecule has 1 fully saturated rings. The molecule has 0 radical (unpaired) electrons. The number of aliphatic hydroxyl groups excluding tert-OH is 1. The summed E-state index contributed by atoms with van der Waals surface area (Å²) in [6.45, 7) is 10.0. The van der Waals surface area contributed by atoms with E-state index >= 15 is 0 Å². The first-order valence-corrected chi connectivity index (χ1v) is 10.7. The van der Waals surface area contributed by atoms with E-state index in [9.17, 15) is 14.3 Å². The van der Waals surface area contributed by atoms with E-state index < -0.39 is 18.0 Å². The molecule has 0 saturated carbocycles. The van der Waals surface area contributed by atoms with Gasteiger partial charge in [0, 0.05) is 25.8 Å². The second-order valence-electron chi connectivity index (χ2n) is 8.29. The van der Waals surface area contributed by atoms with Crippen LogP contribution < -0.4 is 10.2 Å². The Labute approximate surface area is 184 Å². The number of anilines is 2. The number of amides is 2. The van der Waals surface area contributed by atoms with E-state index in [1.54, 1.807) is 19.2 Å². The molecule has 2 N–H and O–H groups in total. The lowest BCUT2D eigenvalue weighted by Gasteiger charge is -2.37. The third-order valence-corrected chi connectivity index (χ3v) is 4.78. The van der Waals surface area contributed by atoms with Crippen LogP contribution in [-0.2, 0) is 14.2 Å². The lowest BCUT2D eigenvalue weighted by Crippen LogP contribution is -2.45. The molecule has 9 heteroatoms. The molecule has 1 aromatic carbocycles. The summed E-state index contributed by atoms with van der Waals surface area (Å²) in [5.41, 5.74) is 0.839. The normalized spacial score (nSPS) is 20.1. The van der Waals surface area contributed by atoms with Gasteiger partial charge in [-0.05, 0) is 45.9 Å². The quantitative estimate of drug-likeness (QED) is 0.543. The minimum Gasteiger partial charge on any atom is -0.389 e. The number of nitrogens with zero attached hydrogens (tertiary/aromatic N) is 2. The first kappa shape index (κ1) is 25.3. The van der Waals surface area contributed by atoms with Crippen molar-refractivity contribution in [1.29, 1.82) is 0 Å². The maximum Gasteiger partial charge on any atom is 0.321 e. The number of urea groups is 1. The number of carbonyl (C=O) groups is 1. The number of benzene rings is 1. The zero-order valence-corrected chi connectivity index (χ0v) is 19.1. The summed E-state index contributed by atoms with van der Waals surface area (Å²) >= 11 is 0. The topological polar surface area (TPSA) is 83.5 Å². The molecular weight excluding hydrogens is 405 g/mol. The molecule has 2 rings (SSSR count). The second-order valence-corrected chi connectivity index (χ2v) is 8.29. The summed E-state index contributed by atoms with van der Waals surface area (Å²) in [4.78, 5) is 15.7. The highest BCUT2D eigenvalue weighted by molar-refractivity contribution is 5.89. The lowest BCUT2D eigenvalue weighted by atomic mass is 10.2. The maximum absolute atomic E-state index is 14.7. The second kappa shape index (κ2) is 12.2. The summed E-state index contributed by atoms with van der Waals surface area (Å²) in [5.74, 6) is -0.404. The van der Waals surface area contributed by atoms with Crippen LogP contribution in [-0.4, -0.2) is 87.0 Å². The van der Waals surface area contributed by atoms with Crippen molar-refractivity contribution in [2.24, 2.45) is 0 Å². The molecule has 0 aromatic heterocycles. The molecule has 8 nitrogen and oxygen atoms in total. The van der Waals surface area contributed by atoms with Gasteiger partial charge in [-0.15, -0.1) is 0 Å². The van der Waals surface area contributed by atoms with Gasteiger partial charge >= 0.3 is 6.03 Å². The minimum atomic E-state index is -0.834. The molecule has 1 aromatic rings. The molecule has 1 heterocycles. The zero-order valence-electron chi connectivity index (χ0n) is 19.1. The van der Waals surface area contributed by atoms with Gasteiger partial charge in [-0.25, -0.2) is 9.18 Å². The SMILES string of the molecule is CC(C)OCCOCC(O)CN(C)C(=O)Nc1ccc(N2CC(C)OC(C)C2)c(F)c1. The Morgan fingerprint density at radius 2 is 2.00 bits per heavy atom. The average molecular weight is 442 g/mol. The summed E-state index contributed by atoms with van der Waals surface area (Å²) < 4.78 is 31.1. The fourth-order valence-corrected chi connectivity index (χ4v) is 3.45. The molecular formula is C22H36FN3O5. The van der Waals surface area contributed by atoms with Crippen molar-refractivity contribution in [2.75, 3.05) is 56.7 Å². The fraction of sp³-hybridized carbons (Fsp3) is 0.682.